The van der Waals surface area contributed by atoms with Crippen LogP contribution in [0.4, 0.5) is 5.69 Å². The van der Waals surface area contributed by atoms with E-state index in [1.165, 1.54) is 19.4 Å². The predicted octanol–water partition coefficient (Wildman–Crippen LogP) is 1.71. The minimum Gasteiger partial charge on any atom is -0.497 e. The van der Waals surface area contributed by atoms with Gasteiger partial charge in [0, 0.05) is 18.3 Å². The number of anilines is 1. The first-order valence-corrected chi connectivity index (χ1v) is 7.61. The number of rotatable bonds is 7. The van der Waals surface area contributed by atoms with Gasteiger partial charge < -0.3 is 15.4 Å². The number of benzene rings is 1. The van der Waals surface area contributed by atoms with Crippen molar-refractivity contribution in [2.45, 2.75) is 25.8 Å². The molecule has 0 spiro atoms. The van der Waals surface area contributed by atoms with Gasteiger partial charge in [-0.1, -0.05) is 6.92 Å². The highest BCUT2D eigenvalue weighted by molar-refractivity contribution is 5.92. The molecule has 2 N–H and O–H groups in total. The average Bonchev–Trinajstić information content (AvgIpc) is 2.95. The van der Waals surface area contributed by atoms with E-state index in [-0.39, 0.29) is 5.91 Å². The SMILES string of the molecule is CCN1CCCC1CNCC(=O)Nc1ccc(OC)cc1. The smallest absolute Gasteiger partial charge is 0.238 e. The summed E-state index contributed by atoms with van der Waals surface area (Å²) in [5, 5.41) is 6.13. The summed E-state index contributed by atoms with van der Waals surface area (Å²) in [6.45, 7) is 5.68. The van der Waals surface area contributed by atoms with Crippen LogP contribution in [0.5, 0.6) is 5.75 Å². The fourth-order valence-corrected chi connectivity index (χ4v) is 2.77. The van der Waals surface area contributed by atoms with Crippen LogP contribution in [0.25, 0.3) is 0 Å². The van der Waals surface area contributed by atoms with Gasteiger partial charge in [-0.05, 0) is 50.2 Å². The number of carbonyl (C=O) groups excluding carboxylic acids is 1. The number of methoxy groups -OCH3 is 1. The summed E-state index contributed by atoms with van der Waals surface area (Å²) in [5.41, 5.74) is 0.790. The Balaban J connectivity index is 1.69. The van der Waals surface area contributed by atoms with Crippen molar-refractivity contribution in [3.05, 3.63) is 24.3 Å². The zero-order chi connectivity index (χ0) is 15.1. The molecule has 21 heavy (non-hydrogen) atoms. The van der Waals surface area contributed by atoms with Gasteiger partial charge in [-0.3, -0.25) is 9.69 Å². The van der Waals surface area contributed by atoms with Gasteiger partial charge in [0.05, 0.1) is 13.7 Å². The van der Waals surface area contributed by atoms with Gasteiger partial charge >= 0.3 is 0 Å². The number of nitrogens with one attached hydrogen (secondary N) is 2. The highest BCUT2D eigenvalue weighted by atomic mass is 16.5. The summed E-state index contributed by atoms with van der Waals surface area (Å²) >= 11 is 0. The summed E-state index contributed by atoms with van der Waals surface area (Å²) in [6, 6.07) is 7.92. The zero-order valence-corrected chi connectivity index (χ0v) is 12.9. The van der Waals surface area contributed by atoms with Gasteiger partial charge in [0.15, 0.2) is 0 Å². The molecule has 0 aromatic heterocycles. The molecule has 0 bridgehead atoms. The number of likely N-dealkylation sites (N-methyl/N-ethyl adjacent to an activating group) is 1. The van der Waals surface area contributed by atoms with Gasteiger partial charge in [-0.25, -0.2) is 0 Å². The standard InChI is InChI=1S/C16H25N3O2/c1-3-19-10-4-5-14(19)11-17-12-16(20)18-13-6-8-15(21-2)9-7-13/h6-9,14,17H,3-5,10-12H2,1-2H3,(H,18,20). The zero-order valence-electron chi connectivity index (χ0n) is 12.9. The predicted molar refractivity (Wildman–Crippen MR) is 84.8 cm³/mol. The summed E-state index contributed by atoms with van der Waals surface area (Å²) < 4.78 is 5.09. The summed E-state index contributed by atoms with van der Waals surface area (Å²) in [6.07, 6.45) is 2.49. The fraction of sp³-hybridized carbons (Fsp3) is 0.562. The molecule has 0 radical (unpaired) electrons. The normalized spacial score (nSPS) is 18.7. The molecule has 2 rings (SSSR count). The van der Waals surface area contributed by atoms with Crippen LogP contribution >= 0.6 is 0 Å². The van der Waals surface area contributed by atoms with E-state index in [4.69, 9.17) is 4.74 Å². The van der Waals surface area contributed by atoms with E-state index in [9.17, 15) is 4.79 Å². The van der Waals surface area contributed by atoms with E-state index < -0.39 is 0 Å². The molecule has 5 heteroatoms. The largest absolute Gasteiger partial charge is 0.497 e. The summed E-state index contributed by atoms with van der Waals surface area (Å²) in [5.74, 6) is 0.772. The maximum atomic E-state index is 11.9. The molecule has 1 heterocycles. The van der Waals surface area contributed by atoms with Crippen molar-refractivity contribution in [3.63, 3.8) is 0 Å². The van der Waals surface area contributed by atoms with Crippen molar-refractivity contribution in [2.75, 3.05) is 38.6 Å². The lowest BCUT2D eigenvalue weighted by atomic mass is 10.2. The summed E-state index contributed by atoms with van der Waals surface area (Å²) in [7, 11) is 1.63. The first kappa shape index (κ1) is 15.8. The van der Waals surface area contributed by atoms with E-state index in [2.05, 4.69) is 22.5 Å². The maximum absolute atomic E-state index is 11.9. The van der Waals surface area contributed by atoms with Crippen LogP contribution in [0, 0.1) is 0 Å². The Bertz CT molecular complexity index is 447. The maximum Gasteiger partial charge on any atom is 0.238 e. The Morgan fingerprint density at radius 1 is 1.38 bits per heavy atom. The van der Waals surface area contributed by atoms with Crippen LogP contribution in [-0.4, -0.2) is 50.1 Å². The second-order valence-corrected chi connectivity index (χ2v) is 5.33. The Hall–Kier alpha value is -1.59. The quantitative estimate of drug-likeness (QED) is 0.803. The van der Waals surface area contributed by atoms with Crippen LogP contribution in [0.3, 0.4) is 0 Å². The summed E-state index contributed by atoms with van der Waals surface area (Å²) in [4.78, 5) is 14.3. The van der Waals surface area contributed by atoms with Crippen molar-refractivity contribution in [2.24, 2.45) is 0 Å². The molecule has 1 aliphatic rings. The number of nitrogens with zero attached hydrogens (tertiary/aromatic N) is 1. The van der Waals surface area contributed by atoms with Crippen molar-refractivity contribution in [3.8, 4) is 5.75 Å². The lowest BCUT2D eigenvalue weighted by Crippen LogP contribution is -2.40. The molecule has 0 aliphatic carbocycles. The molecule has 1 aromatic rings. The monoisotopic (exact) mass is 291 g/mol. The number of ether oxygens (including phenoxy) is 1. The number of amides is 1. The first-order chi connectivity index (χ1) is 10.2. The molecular formula is C16H25N3O2. The van der Waals surface area contributed by atoms with E-state index in [1.807, 2.05) is 24.3 Å². The number of hydrogen-bond acceptors (Lipinski definition) is 4. The Morgan fingerprint density at radius 3 is 2.81 bits per heavy atom. The molecule has 1 unspecified atom stereocenters. The van der Waals surface area contributed by atoms with E-state index in [0.717, 1.165) is 24.5 Å². The van der Waals surface area contributed by atoms with Gasteiger partial charge in [-0.15, -0.1) is 0 Å². The molecule has 1 atom stereocenters. The Morgan fingerprint density at radius 2 is 2.14 bits per heavy atom. The topological polar surface area (TPSA) is 53.6 Å². The second-order valence-electron chi connectivity index (χ2n) is 5.33. The molecule has 116 valence electrons. The second kappa shape index (κ2) is 8.00. The van der Waals surface area contributed by atoms with E-state index in [0.29, 0.717) is 12.6 Å². The van der Waals surface area contributed by atoms with Crippen LogP contribution < -0.4 is 15.4 Å². The number of carbonyl (C=O) groups is 1. The van der Waals surface area contributed by atoms with E-state index in [1.54, 1.807) is 7.11 Å². The molecule has 1 fully saturated rings. The third-order valence-corrected chi connectivity index (χ3v) is 3.94. The highest BCUT2D eigenvalue weighted by Crippen LogP contribution is 2.16. The molecular weight excluding hydrogens is 266 g/mol. The van der Waals surface area contributed by atoms with E-state index >= 15 is 0 Å². The Kier molecular flexibility index (Phi) is 6.02. The lowest BCUT2D eigenvalue weighted by Gasteiger charge is -2.22. The number of hydrogen-bond donors (Lipinski definition) is 2. The van der Waals surface area contributed by atoms with Crippen molar-refractivity contribution < 1.29 is 9.53 Å². The molecule has 1 amide bonds. The van der Waals surface area contributed by atoms with Gasteiger partial charge in [-0.2, -0.15) is 0 Å². The van der Waals surface area contributed by atoms with Crippen molar-refractivity contribution >= 4 is 11.6 Å². The molecule has 1 aromatic carbocycles. The average molecular weight is 291 g/mol. The van der Waals surface area contributed by atoms with Gasteiger partial charge in [0.2, 0.25) is 5.91 Å². The first-order valence-electron chi connectivity index (χ1n) is 7.61. The Labute approximate surface area is 126 Å². The van der Waals surface area contributed by atoms with Gasteiger partial charge in [0.1, 0.15) is 5.75 Å². The molecule has 1 saturated heterocycles. The third-order valence-electron chi connectivity index (χ3n) is 3.94. The van der Waals surface area contributed by atoms with Crippen molar-refractivity contribution in [1.29, 1.82) is 0 Å². The number of likely N-dealkylation sites (tertiary alicyclic amines) is 1. The fourth-order valence-electron chi connectivity index (χ4n) is 2.77. The van der Waals surface area contributed by atoms with Crippen LogP contribution in [0.1, 0.15) is 19.8 Å². The van der Waals surface area contributed by atoms with Crippen LogP contribution in [0.2, 0.25) is 0 Å². The van der Waals surface area contributed by atoms with Gasteiger partial charge in [0.25, 0.3) is 0 Å². The van der Waals surface area contributed by atoms with Crippen molar-refractivity contribution in [1.82, 2.24) is 10.2 Å². The third kappa shape index (κ3) is 4.72. The lowest BCUT2D eigenvalue weighted by molar-refractivity contribution is -0.115. The van der Waals surface area contributed by atoms with Crippen LogP contribution in [0.15, 0.2) is 24.3 Å². The molecule has 5 nitrogen and oxygen atoms in total. The van der Waals surface area contributed by atoms with Crippen LogP contribution in [-0.2, 0) is 4.79 Å². The highest BCUT2D eigenvalue weighted by Gasteiger charge is 2.22. The minimum absolute atomic E-state index is 0.0128. The minimum atomic E-state index is -0.0128. The molecule has 1 aliphatic heterocycles. The molecule has 0 saturated carbocycles.